The molecule has 1 aromatic carbocycles. The smallest absolute Gasteiger partial charge is 0.422 e. The van der Waals surface area contributed by atoms with Crippen molar-refractivity contribution in [1.29, 1.82) is 0 Å². The van der Waals surface area contributed by atoms with Crippen molar-refractivity contribution in [2.45, 2.75) is 31.6 Å². The number of hydrogen-bond donors (Lipinski definition) is 0. The lowest BCUT2D eigenvalue weighted by atomic mass is 10.2. The monoisotopic (exact) mass is 341 g/mol. The van der Waals surface area contributed by atoms with Crippen molar-refractivity contribution in [3.8, 4) is 0 Å². The third-order valence-electron chi connectivity index (χ3n) is 2.92. The van der Waals surface area contributed by atoms with Crippen molar-refractivity contribution in [1.82, 2.24) is 4.90 Å². The molecule has 0 radical (unpaired) electrons. The molecule has 3 nitrogen and oxygen atoms in total. The molecular formula is C13H12Cl2F3NO2. The van der Waals surface area contributed by atoms with E-state index in [0.717, 1.165) is 12.8 Å². The van der Waals surface area contributed by atoms with Gasteiger partial charge < -0.3 is 9.64 Å². The van der Waals surface area contributed by atoms with Gasteiger partial charge in [0, 0.05) is 12.6 Å². The molecule has 1 aliphatic rings. The van der Waals surface area contributed by atoms with Crippen LogP contribution in [0, 0.1) is 0 Å². The van der Waals surface area contributed by atoms with Gasteiger partial charge in [-0.2, -0.15) is 13.2 Å². The van der Waals surface area contributed by atoms with Gasteiger partial charge in [0.25, 0.3) is 0 Å². The summed E-state index contributed by atoms with van der Waals surface area (Å²) in [6.45, 7) is -1.45. The van der Waals surface area contributed by atoms with Crippen LogP contribution in [0.25, 0.3) is 0 Å². The Labute approximate surface area is 129 Å². The highest BCUT2D eigenvalue weighted by Gasteiger charge is 2.36. The molecule has 0 N–H and O–H groups in total. The molecule has 2 rings (SSSR count). The summed E-state index contributed by atoms with van der Waals surface area (Å²) in [6.07, 6.45) is -4.00. The fraction of sp³-hybridized carbons (Fsp3) is 0.462. The minimum Gasteiger partial charge on any atom is -0.440 e. The Morgan fingerprint density at radius 1 is 1.29 bits per heavy atom. The maximum absolute atomic E-state index is 12.1. The number of carbonyl (C=O) groups is 1. The molecule has 0 aromatic heterocycles. The van der Waals surface area contributed by atoms with Crippen molar-refractivity contribution in [2.75, 3.05) is 6.61 Å². The normalized spacial score (nSPS) is 14.9. The van der Waals surface area contributed by atoms with E-state index in [1.54, 1.807) is 18.2 Å². The summed E-state index contributed by atoms with van der Waals surface area (Å²) in [5.74, 6) is 0. The van der Waals surface area contributed by atoms with Crippen LogP contribution in [0.1, 0.15) is 18.4 Å². The Hall–Kier alpha value is -1.14. The van der Waals surface area contributed by atoms with E-state index < -0.39 is 18.9 Å². The Morgan fingerprint density at radius 2 is 1.95 bits per heavy atom. The molecule has 0 heterocycles. The van der Waals surface area contributed by atoms with Crippen LogP contribution in [0.3, 0.4) is 0 Å². The molecule has 0 aliphatic heterocycles. The lowest BCUT2D eigenvalue weighted by molar-refractivity contribution is -0.162. The second-order valence-corrected chi connectivity index (χ2v) is 5.59. The van der Waals surface area contributed by atoms with Crippen molar-refractivity contribution in [3.63, 3.8) is 0 Å². The highest BCUT2D eigenvalue weighted by Crippen LogP contribution is 2.31. The highest BCUT2D eigenvalue weighted by molar-refractivity contribution is 6.42. The van der Waals surface area contributed by atoms with Crippen molar-refractivity contribution >= 4 is 29.3 Å². The zero-order valence-electron chi connectivity index (χ0n) is 10.8. The molecule has 1 aromatic rings. The molecule has 1 aliphatic carbocycles. The summed E-state index contributed by atoms with van der Waals surface area (Å²) in [6, 6.07) is 4.74. The average Bonchev–Trinajstić information content (AvgIpc) is 3.20. The van der Waals surface area contributed by atoms with Gasteiger partial charge in [0.05, 0.1) is 10.0 Å². The summed E-state index contributed by atoms with van der Waals surface area (Å²) in [5, 5.41) is 0.701. The molecule has 0 saturated heterocycles. The Bertz CT molecular complexity index is 533. The maximum Gasteiger partial charge on any atom is 0.422 e. The quantitative estimate of drug-likeness (QED) is 0.797. The first kappa shape index (κ1) is 16.2. The van der Waals surface area contributed by atoms with Gasteiger partial charge >= 0.3 is 12.3 Å². The van der Waals surface area contributed by atoms with Crippen LogP contribution in [0.15, 0.2) is 18.2 Å². The zero-order valence-corrected chi connectivity index (χ0v) is 12.3. The first-order valence-corrected chi connectivity index (χ1v) is 6.96. The number of alkyl halides is 3. The van der Waals surface area contributed by atoms with Gasteiger partial charge in [0.2, 0.25) is 0 Å². The van der Waals surface area contributed by atoms with E-state index in [1.165, 1.54) is 4.90 Å². The lowest BCUT2D eigenvalue weighted by Gasteiger charge is -2.22. The first-order chi connectivity index (χ1) is 9.76. The van der Waals surface area contributed by atoms with Crippen LogP contribution in [-0.2, 0) is 11.3 Å². The molecule has 116 valence electrons. The Morgan fingerprint density at radius 3 is 2.48 bits per heavy atom. The van der Waals surface area contributed by atoms with E-state index in [1.807, 2.05) is 0 Å². The summed E-state index contributed by atoms with van der Waals surface area (Å²) in [7, 11) is 0. The molecule has 21 heavy (non-hydrogen) atoms. The van der Waals surface area contributed by atoms with Crippen LogP contribution in [0.5, 0.6) is 0 Å². The number of ether oxygens (including phenoxy) is 1. The fourth-order valence-corrected chi connectivity index (χ4v) is 2.11. The number of halogens is 5. The third-order valence-corrected chi connectivity index (χ3v) is 3.66. The fourth-order valence-electron chi connectivity index (χ4n) is 1.79. The third kappa shape index (κ3) is 4.97. The SMILES string of the molecule is O=C(OCC(F)(F)F)N(Cc1ccc(Cl)c(Cl)c1)C1CC1. The predicted octanol–water partition coefficient (Wildman–Crippen LogP) is 4.66. The lowest BCUT2D eigenvalue weighted by Crippen LogP contribution is -2.35. The van der Waals surface area contributed by atoms with Gasteiger partial charge in [-0.3, -0.25) is 0 Å². The largest absolute Gasteiger partial charge is 0.440 e. The highest BCUT2D eigenvalue weighted by atomic mass is 35.5. The molecule has 0 atom stereocenters. The van der Waals surface area contributed by atoms with Gasteiger partial charge in [-0.1, -0.05) is 29.3 Å². The Balaban J connectivity index is 2.02. The minimum absolute atomic E-state index is 0.0832. The van der Waals surface area contributed by atoms with Gasteiger partial charge in [-0.05, 0) is 30.5 Å². The van der Waals surface area contributed by atoms with Crippen LogP contribution < -0.4 is 0 Å². The predicted molar refractivity (Wildman–Crippen MR) is 72.4 cm³/mol. The number of hydrogen-bond acceptors (Lipinski definition) is 2. The molecule has 1 amide bonds. The molecule has 0 bridgehead atoms. The zero-order chi connectivity index (χ0) is 15.6. The number of nitrogens with zero attached hydrogens (tertiary/aromatic N) is 1. The summed E-state index contributed by atoms with van der Waals surface area (Å²) < 4.78 is 40.6. The second-order valence-electron chi connectivity index (χ2n) is 4.78. The second kappa shape index (κ2) is 6.32. The molecule has 1 fully saturated rings. The van der Waals surface area contributed by atoms with E-state index in [-0.39, 0.29) is 12.6 Å². The van der Waals surface area contributed by atoms with Crippen LogP contribution in [-0.4, -0.2) is 29.8 Å². The first-order valence-electron chi connectivity index (χ1n) is 6.20. The van der Waals surface area contributed by atoms with Gasteiger partial charge in [-0.15, -0.1) is 0 Å². The van der Waals surface area contributed by atoms with Crippen LogP contribution in [0.2, 0.25) is 10.0 Å². The van der Waals surface area contributed by atoms with E-state index in [4.69, 9.17) is 23.2 Å². The van der Waals surface area contributed by atoms with E-state index in [9.17, 15) is 18.0 Å². The molecule has 0 spiro atoms. The summed E-state index contributed by atoms with van der Waals surface area (Å²) in [4.78, 5) is 13.1. The molecule has 8 heteroatoms. The van der Waals surface area contributed by atoms with Gasteiger partial charge in [-0.25, -0.2) is 4.79 Å². The van der Waals surface area contributed by atoms with Crippen LogP contribution >= 0.6 is 23.2 Å². The van der Waals surface area contributed by atoms with Crippen molar-refractivity contribution in [2.24, 2.45) is 0 Å². The van der Waals surface area contributed by atoms with Crippen molar-refractivity contribution in [3.05, 3.63) is 33.8 Å². The van der Waals surface area contributed by atoms with E-state index in [0.29, 0.717) is 15.6 Å². The maximum atomic E-state index is 12.1. The van der Waals surface area contributed by atoms with E-state index in [2.05, 4.69) is 4.74 Å². The van der Waals surface area contributed by atoms with E-state index >= 15 is 0 Å². The van der Waals surface area contributed by atoms with Crippen LogP contribution in [0.4, 0.5) is 18.0 Å². The number of benzene rings is 1. The molecular weight excluding hydrogens is 330 g/mol. The Kier molecular flexibility index (Phi) is 4.88. The average molecular weight is 342 g/mol. The molecule has 1 saturated carbocycles. The van der Waals surface area contributed by atoms with Gasteiger partial charge in [0.1, 0.15) is 0 Å². The number of rotatable bonds is 4. The summed E-state index contributed by atoms with van der Waals surface area (Å²) >= 11 is 11.7. The number of carbonyl (C=O) groups excluding carboxylic acids is 1. The topological polar surface area (TPSA) is 29.5 Å². The minimum atomic E-state index is -4.53. The molecule has 0 unspecified atom stereocenters. The van der Waals surface area contributed by atoms with Gasteiger partial charge in [0.15, 0.2) is 6.61 Å². The number of amides is 1. The summed E-state index contributed by atoms with van der Waals surface area (Å²) in [5.41, 5.74) is 0.681. The van der Waals surface area contributed by atoms with Crippen molar-refractivity contribution < 1.29 is 22.7 Å². The standard InChI is InChI=1S/C13H12Cl2F3NO2/c14-10-4-1-8(5-11(10)15)6-19(9-2-3-9)12(20)21-7-13(16,17)18/h1,4-5,9H,2-3,6-7H2.